The molecule has 114 valence electrons. The Morgan fingerprint density at radius 3 is 2.90 bits per heavy atom. The fourth-order valence-electron chi connectivity index (χ4n) is 1.64. The Morgan fingerprint density at radius 1 is 1.33 bits per heavy atom. The zero-order valence-electron chi connectivity index (χ0n) is 12.2. The number of benzene rings is 1. The van der Waals surface area contributed by atoms with Gasteiger partial charge in [0.1, 0.15) is 5.75 Å². The smallest absolute Gasteiger partial charge is 0.257 e. The summed E-state index contributed by atoms with van der Waals surface area (Å²) < 4.78 is 10.5. The average Bonchev–Trinajstić information content (AvgIpc) is 2.51. The molecule has 0 aliphatic heterocycles. The standard InChI is InChI=1S/C15H21N3O3/c1-20-10-9-17-11-13-5-2-3-6-14(13)21-12-15(19)18-8-4-7-16/h2-3,5-6,17H,4,8-12H2,1H3,(H,18,19). The molecule has 0 bridgehead atoms. The lowest BCUT2D eigenvalue weighted by molar-refractivity contribution is -0.123. The molecule has 0 aliphatic carbocycles. The van der Waals surface area contributed by atoms with Crippen LogP contribution in [0.5, 0.6) is 5.75 Å². The highest BCUT2D eigenvalue weighted by Crippen LogP contribution is 2.17. The van der Waals surface area contributed by atoms with E-state index in [2.05, 4.69) is 10.6 Å². The van der Waals surface area contributed by atoms with Gasteiger partial charge in [-0.1, -0.05) is 18.2 Å². The van der Waals surface area contributed by atoms with Crippen molar-refractivity contribution in [2.75, 3.05) is 33.4 Å². The van der Waals surface area contributed by atoms with Crippen LogP contribution in [0.4, 0.5) is 0 Å². The second-order valence-corrected chi connectivity index (χ2v) is 4.32. The van der Waals surface area contributed by atoms with Gasteiger partial charge in [0.05, 0.1) is 19.1 Å². The summed E-state index contributed by atoms with van der Waals surface area (Å²) in [4.78, 5) is 11.5. The number of rotatable bonds is 10. The molecule has 6 nitrogen and oxygen atoms in total. The number of carbonyl (C=O) groups excluding carboxylic acids is 1. The van der Waals surface area contributed by atoms with Crippen LogP contribution < -0.4 is 15.4 Å². The van der Waals surface area contributed by atoms with Crippen molar-refractivity contribution >= 4 is 5.91 Å². The van der Waals surface area contributed by atoms with Crippen LogP contribution in [0.2, 0.25) is 0 Å². The van der Waals surface area contributed by atoms with Crippen LogP contribution in [-0.2, 0) is 16.1 Å². The van der Waals surface area contributed by atoms with Crippen molar-refractivity contribution in [3.63, 3.8) is 0 Å². The molecule has 1 rings (SSSR count). The summed E-state index contributed by atoms with van der Waals surface area (Å²) in [5.41, 5.74) is 0.985. The number of para-hydroxylation sites is 1. The zero-order valence-corrected chi connectivity index (χ0v) is 12.2. The van der Waals surface area contributed by atoms with Gasteiger partial charge in [0.25, 0.3) is 5.91 Å². The molecule has 0 radical (unpaired) electrons. The van der Waals surface area contributed by atoms with Crippen LogP contribution in [-0.4, -0.2) is 39.3 Å². The molecule has 0 fully saturated rings. The third kappa shape index (κ3) is 7.30. The van der Waals surface area contributed by atoms with Crippen molar-refractivity contribution in [1.29, 1.82) is 5.26 Å². The van der Waals surface area contributed by atoms with E-state index in [4.69, 9.17) is 14.7 Å². The summed E-state index contributed by atoms with van der Waals surface area (Å²) in [7, 11) is 1.66. The highest BCUT2D eigenvalue weighted by atomic mass is 16.5. The van der Waals surface area contributed by atoms with Crippen molar-refractivity contribution < 1.29 is 14.3 Å². The van der Waals surface area contributed by atoms with Gasteiger partial charge >= 0.3 is 0 Å². The Hall–Kier alpha value is -2.10. The summed E-state index contributed by atoms with van der Waals surface area (Å²) in [6.45, 7) is 2.33. The first-order chi connectivity index (χ1) is 10.3. The van der Waals surface area contributed by atoms with Crippen molar-refractivity contribution in [3.8, 4) is 11.8 Å². The molecule has 1 aromatic rings. The second-order valence-electron chi connectivity index (χ2n) is 4.32. The minimum atomic E-state index is -0.229. The van der Waals surface area contributed by atoms with E-state index in [0.717, 1.165) is 12.1 Å². The van der Waals surface area contributed by atoms with Gasteiger partial charge in [-0.3, -0.25) is 4.79 Å². The van der Waals surface area contributed by atoms with Gasteiger partial charge < -0.3 is 20.1 Å². The van der Waals surface area contributed by atoms with E-state index < -0.39 is 0 Å². The molecule has 0 unspecified atom stereocenters. The molecule has 1 amide bonds. The summed E-state index contributed by atoms with van der Waals surface area (Å²) in [6.07, 6.45) is 0.297. The van der Waals surface area contributed by atoms with Gasteiger partial charge in [0.15, 0.2) is 6.61 Å². The predicted molar refractivity (Wildman–Crippen MR) is 78.8 cm³/mol. The van der Waals surface area contributed by atoms with E-state index in [0.29, 0.717) is 31.9 Å². The number of amides is 1. The monoisotopic (exact) mass is 291 g/mol. The van der Waals surface area contributed by atoms with Crippen LogP contribution in [0.25, 0.3) is 0 Å². The lowest BCUT2D eigenvalue weighted by Gasteiger charge is -2.12. The normalized spacial score (nSPS) is 9.90. The van der Waals surface area contributed by atoms with Crippen LogP contribution >= 0.6 is 0 Å². The van der Waals surface area contributed by atoms with Crippen LogP contribution in [0.1, 0.15) is 12.0 Å². The van der Waals surface area contributed by atoms with Gasteiger partial charge in [-0.25, -0.2) is 0 Å². The highest BCUT2D eigenvalue weighted by Gasteiger charge is 2.06. The second kappa shape index (κ2) is 10.7. The SMILES string of the molecule is COCCNCc1ccccc1OCC(=O)NCCC#N. The van der Waals surface area contributed by atoms with Crippen molar-refractivity contribution in [2.24, 2.45) is 0 Å². The van der Waals surface area contributed by atoms with Gasteiger partial charge in [-0.2, -0.15) is 5.26 Å². The van der Waals surface area contributed by atoms with Crippen LogP contribution in [0.3, 0.4) is 0 Å². The first kappa shape index (κ1) is 17.0. The third-order valence-electron chi connectivity index (χ3n) is 2.69. The summed E-state index contributed by atoms with van der Waals surface area (Å²) in [5.74, 6) is 0.449. The maximum atomic E-state index is 11.5. The van der Waals surface area contributed by atoms with E-state index in [1.165, 1.54) is 0 Å². The maximum Gasteiger partial charge on any atom is 0.257 e. The molecular formula is C15H21N3O3. The summed E-state index contributed by atoms with van der Waals surface area (Å²) in [5, 5.41) is 14.2. The molecule has 21 heavy (non-hydrogen) atoms. The number of methoxy groups -OCH3 is 1. The fourth-order valence-corrected chi connectivity index (χ4v) is 1.64. The Balaban J connectivity index is 2.40. The molecule has 0 spiro atoms. The lowest BCUT2D eigenvalue weighted by Crippen LogP contribution is -2.29. The quantitative estimate of drug-likeness (QED) is 0.624. The molecular weight excluding hydrogens is 270 g/mol. The topological polar surface area (TPSA) is 83.4 Å². The molecule has 0 heterocycles. The first-order valence-corrected chi connectivity index (χ1v) is 6.82. The fraction of sp³-hybridized carbons (Fsp3) is 0.467. The number of nitriles is 1. The molecule has 0 saturated heterocycles. The van der Waals surface area contributed by atoms with Crippen molar-refractivity contribution in [3.05, 3.63) is 29.8 Å². The summed E-state index contributed by atoms with van der Waals surface area (Å²) >= 11 is 0. The zero-order chi connectivity index (χ0) is 15.3. The molecule has 2 N–H and O–H groups in total. The van der Waals surface area contributed by atoms with E-state index >= 15 is 0 Å². The Morgan fingerprint density at radius 2 is 2.14 bits per heavy atom. The van der Waals surface area contributed by atoms with E-state index in [1.54, 1.807) is 7.11 Å². The highest BCUT2D eigenvalue weighted by molar-refractivity contribution is 5.77. The number of ether oxygens (including phenoxy) is 2. The number of carbonyl (C=O) groups is 1. The van der Waals surface area contributed by atoms with Gasteiger partial charge in [0, 0.05) is 32.3 Å². The molecule has 0 atom stereocenters. The average molecular weight is 291 g/mol. The summed E-state index contributed by atoms with van der Waals surface area (Å²) in [6, 6.07) is 9.53. The predicted octanol–water partition coefficient (Wildman–Crippen LogP) is 0.831. The molecule has 1 aromatic carbocycles. The van der Waals surface area contributed by atoms with Gasteiger partial charge in [-0.15, -0.1) is 0 Å². The largest absolute Gasteiger partial charge is 0.483 e. The number of hydrogen-bond acceptors (Lipinski definition) is 5. The Kier molecular flexibility index (Phi) is 8.61. The Labute approximate surface area is 125 Å². The first-order valence-electron chi connectivity index (χ1n) is 6.82. The number of hydrogen-bond donors (Lipinski definition) is 2. The lowest BCUT2D eigenvalue weighted by atomic mass is 10.2. The van der Waals surface area contributed by atoms with Crippen LogP contribution in [0.15, 0.2) is 24.3 Å². The minimum absolute atomic E-state index is 0.0550. The van der Waals surface area contributed by atoms with Gasteiger partial charge in [-0.05, 0) is 6.07 Å². The van der Waals surface area contributed by atoms with Crippen molar-refractivity contribution in [1.82, 2.24) is 10.6 Å². The van der Waals surface area contributed by atoms with Crippen molar-refractivity contribution in [2.45, 2.75) is 13.0 Å². The maximum absolute atomic E-state index is 11.5. The Bertz CT molecular complexity index is 471. The number of nitrogens with zero attached hydrogens (tertiary/aromatic N) is 1. The third-order valence-corrected chi connectivity index (χ3v) is 2.69. The molecule has 0 aliphatic rings. The van der Waals surface area contributed by atoms with E-state index in [-0.39, 0.29) is 12.5 Å². The van der Waals surface area contributed by atoms with Crippen LogP contribution in [0, 0.1) is 11.3 Å². The molecule has 0 aromatic heterocycles. The minimum Gasteiger partial charge on any atom is -0.483 e. The van der Waals surface area contributed by atoms with Gasteiger partial charge in [0.2, 0.25) is 0 Å². The molecule has 0 saturated carbocycles. The van der Waals surface area contributed by atoms with E-state index in [1.807, 2.05) is 30.3 Å². The number of nitrogens with one attached hydrogen (secondary N) is 2. The van der Waals surface area contributed by atoms with E-state index in [9.17, 15) is 4.79 Å². The molecule has 6 heteroatoms.